The second kappa shape index (κ2) is 4.63. The van der Waals surface area contributed by atoms with Crippen LogP contribution in [-0.4, -0.2) is 55.3 Å². The van der Waals surface area contributed by atoms with Crippen molar-refractivity contribution in [3.63, 3.8) is 0 Å². The third-order valence-corrected chi connectivity index (χ3v) is 2.78. The average Bonchev–Trinajstić information content (AvgIpc) is 2.86. The predicted molar refractivity (Wildman–Crippen MR) is 56.9 cm³/mol. The molecule has 1 saturated heterocycles. The van der Waals surface area contributed by atoms with Gasteiger partial charge in [-0.15, -0.1) is 0 Å². The normalized spacial score (nSPS) is 33.6. The molecule has 9 nitrogen and oxygen atoms in total. The number of aromatic nitrogens is 2. The number of nitrogens with two attached hydrogens (primary N) is 2. The molecule has 1 aliphatic heterocycles. The molecule has 1 aromatic rings. The van der Waals surface area contributed by atoms with Crippen molar-refractivity contribution >= 4 is 5.91 Å². The van der Waals surface area contributed by atoms with Crippen molar-refractivity contribution in [2.75, 3.05) is 0 Å². The Kier molecular flexibility index (Phi) is 3.32. The van der Waals surface area contributed by atoms with Crippen LogP contribution in [0.5, 0.6) is 0 Å². The fourth-order valence-electron chi connectivity index (χ4n) is 1.91. The molecule has 9 heteroatoms. The van der Waals surface area contributed by atoms with Crippen LogP contribution in [-0.2, 0) is 4.74 Å². The number of aliphatic hydroxyl groups is 3. The number of hydrogen-bond donors (Lipinski definition) is 5. The molecule has 0 bridgehead atoms. The third-order valence-electron chi connectivity index (χ3n) is 2.78. The van der Waals surface area contributed by atoms with Crippen LogP contribution in [0.25, 0.3) is 0 Å². The van der Waals surface area contributed by atoms with E-state index >= 15 is 0 Å². The van der Waals surface area contributed by atoms with Gasteiger partial charge in [-0.3, -0.25) is 9.36 Å². The van der Waals surface area contributed by atoms with Crippen LogP contribution < -0.4 is 11.5 Å². The number of primary amides is 1. The van der Waals surface area contributed by atoms with Gasteiger partial charge in [-0.25, -0.2) is 4.98 Å². The molecule has 1 amide bonds. The Morgan fingerprint density at radius 3 is 2.67 bits per heavy atom. The molecule has 1 aromatic heterocycles. The van der Waals surface area contributed by atoms with Crippen molar-refractivity contribution in [2.24, 2.45) is 11.5 Å². The maximum atomic E-state index is 11.1. The SMILES string of the molecule is NC(=O)c1nccn1[C@@H]1O[C@H](C(N)O)[C@@H](O)[C@H]1O. The summed E-state index contributed by atoms with van der Waals surface area (Å²) in [5, 5.41) is 28.7. The van der Waals surface area contributed by atoms with E-state index < -0.39 is 36.7 Å². The molecule has 18 heavy (non-hydrogen) atoms. The molecule has 2 heterocycles. The van der Waals surface area contributed by atoms with E-state index in [0.717, 1.165) is 0 Å². The zero-order chi connectivity index (χ0) is 13.4. The fraction of sp³-hybridized carbons (Fsp3) is 0.556. The first kappa shape index (κ1) is 12.9. The predicted octanol–water partition coefficient (Wildman–Crippen LogP) is -3.12. The molecule has 1 aliphatic rings. The summed E-state index contributed by atoms with van der Waals surface area (Å²) in [6, 6.07) is 0. The van der Waals surface area contributed by atoms with E-state index in [-0.39, 0.29) is 5.82 Å². The van der Waals surface area contributed by atoms with Gasteiger partial charge < -0.3 is 31.5 Å². The van der Waals surface area contributed by atoms with Crippen molar-refractivity contribution < 1.29 is 24.9 Å². The molecular formula is C9H14N4O5. The van der Waals surface area contributed by atoms with E-state index in [2.05, 4.69) is 4.98 Å². The van der Waals surface area contributed by atoms with Crippen LogP contribution in [0, 0.1) is 0 Å². The van der Waals surface area contributed by atoms with Gasteiger partial charge in [-0.05, 0) is 0 Å². The van der Waals surface area contributed by atoms with Crippen LogP contribution in [0.3, 0.4) is 0 Å². The number of amides is 1. The molecule has 5 atom stereocenters. The smallest absolute Gasteiger partial charge is 0.284 e. The van der Waals surface area contributed by atoms with Crippen LogP contribution in [0.15, 0.2) is 12.4 Å². The van der Waals surface area contributed by atoms with Crippen molar-refractivity contribution in [1.29, 1.82) is 0 Å². The lowest BCUT2D eigenvalue weighted by atomic mass is 10.1. The maximum Gasteiger partial charge on any atom is 0.284 e. The maximum absolute atomic E-state index is 11.1. The topological polar surface area (TPSA) is 157 Å². The molecule has 7 N–H and O–H groups in total. The largest absolute Gasteiger partial charge is 0.387 e. The molecule has 0 radical (unpaired) electrons. The van der Waals surface area contributed by atoms with Gasteiger partial charge in [-0.2, -0.15) is 0 Å². The Balaban J connectivity index is 2.29. The molecule has 0 aliphatic carbocycles. The number of carbonyl (C=O) groups excluding carboxylic acids is 1. The minimum atomic E-state index is -1.46. The Morgan fingerprint density at radius 1 is 1.50 bits per heavy atom. The van der Waals surface area contributed by atoms with E-state index in [1.165, 1.54) is 17.0 Å². The van der Waals surface area contributed by atoms with Crippen molar-refractivity contribution in [2.45, 2.75) is 30.8 Å². The summed E-state index contributed by atoms with van der Waals surface area (Å²) in [5.41, 5.74) is 10.3. The van der Waals surface area contributed by atoms with Crippen LogP contribution in [0.4, 0.5) is 0 Å². The van der Waals surface area contributed by atoms with Gasteiger partial charge in [0.2, 0.25) is 5.82 Å². The monoisotopic (exact) mass is 258 g/mol. The average molecular weight is 258 g/mol. The van der Waals surface area contributed by atoms with Crippen LogP contribution >= 0.6 is 0 Å². The zero-order valence-corrected chi connectivity index (χ0v) is 9.25. The molecule has 0 saturated carbocycles. The standard InChI is InChI=1S/C9H14N4O5/c10-6(16)5-3(14)4(15)9(18-5)13-2-1-12-8(13)7(11)17/h1-6,9,14-16H,10H2,(H2,11,17)/t3-,4+,5-,6?,9+/m0/s1. The fourth-order valence-corrected chi connectivity index (χ4v) is 1.91. The number of hydrogen-bond acceptors (Lipinski definition) is 7. The second-order valence-electron chi connectivity index (χ2n) is 3.99. The first-order chi connectivity index (χ1) is 8.43. The highest BCUT2D eigenvalue weighted by molar-refractivity contribution is 5.89. The summed E-state index contributed by atoms with van der Waals surface area (Å²) in [4.78, 5) is 14.8. The van der Waals surface area contributed by atoms with Gasteiger partial charge in [-0.1, -0.05) is 0 Å². The van der Waals surface area contributed by atoms with Crippen molar-refractivity contribution in [3.8, 4) is 0 Å². The molecule has 2 rings (SSSR count). The number of imidazole rings is 1. The molecular weight excluding hydrogens is 244 g/mol. The van der Waals surface area contributed by atoms with Gasteiger partial charge >= 0.3 is 0 Å². The minimum absolute atomic E-state index is 0.126. The number of nitrogens with zero attached hydrogens (tertiary/aromatic N) is 2. The van der Waals surface area contributed by atoms with Crippen LogP contribution in [0.2, 0.25) is 0 Å². The highest BCUT2D eigenvalue weighted by Gasteiger charge is 2.46. The van der Waals surface area contributed by atoms with E-state index in [1.807, 2.05) is 0 Å². The molecule has 1 fully saturated rings. The summed E-state index contributed by atoms with van der Waals surface area (Å²) in [6.45, 7) is 0. The van der Waals surface area contributed by atoms with E-state index in [9.17, 15) is 20.1 Å². The van der Waals surface area contributed by atoms with E-state index in [4.69, 9.17) is 16.2 Å². The lowest BCUT2D eigenvalue weighted by molar-refractivity contribution is -0.0828. The third kappa shape index (κ3) is 1.98. The quantitative estimate of drug-likeness (QED) is 0.359. The Morgan fingerprint density at radius 2 is 2.17 bits per heavy atom. The first-order valence-electron chi connectivity index (χ1n) is 5.21. The van der Waals surface area contributed by atoms with Gasteiger partial charge in [0.25, 0.3) is 5.91 Å². The Labute approximate surface area is 102 Å². The highest BCUT2D eigenvalue weighted by atomic mass is 16.6. The number of rotatable bonds is 3. The summed E-state index contributed by atoms with van der Waals surface area (Å²) >= 11 is 0. The minimum Gasteiger partial charge on any atom is -0.387 e. The number of carbonyl (C=O) groups is 1. The van der Waals surface area contributed by atoms with Crippen molar-refractivity contribution in [3.05, 3.63) is 18.2 Å². The van der Waals surface area contributed by atoms with Gasteiger partial charge in [0.15, 0.2) is 6.23 Å². The van der Waals surface area contributed by atoms with Crippen LogP contribution in [0.1, 0.15) is 16.8 Å². The lowest BCUT2D eigenvalue weighted by Crippen LogP contribution is -2.43. The van der Waals surface area contributed by atoms with E-state index in [0.29, 0.717) is 0 Å². The Hall–Kier alpha value is -1.52. The molecule has 1 unspecified atom stereocenters. The Bertz CT molecular complexity index is 448. The van der Waals surface area contributed by atoms with E-state index in [1.54, 1.807) is 0 Å². The van der Waals surface area contributed by atoms with Gasteiger partial charge in [0, 0.05) is 12.4 Å². The van der Waals surface area contributed by atoms with Crippen molar-refractivity contribution in [1.82, 2.24) is 9.55 Å². The number of aliphatic hydroxyl groups excluding tert-OH is 3. The molecule has 0 aromatic carbocycles. The summed E-state index contributed by atoms with van der Waals surface area (Å²) < 4.78 is 6.40. The van der Waals surface area contributed by atoms with Gasteiger partial charge in [0.05, 0.1) is 0 Å². The number of ether oxygens (including phenoxy) is 1. The van der Waals surface area contributed by atoms with Gasteiger partial charge in [0.1, 0.15) is 24.5 Å². The zero-order valence-electron chi connectivity index (χ0n) is 9.25. The summed E-state index contributed by atoms with van der Waals surface area (Å²) in [5.74, 6) is -0.930. The highest BCUT2D eigenvalue weighted by Crippen LogP contribution is 2.30. The summed E-state index contributed by atoms with van der Waals surface area (Å²) in [6.07, 6.45) is -3.78. The summed E-state index contributed by atoms with van der Waals surface area (Å²) in [7, 11) is 0. The molecule has 0 spiro atoms. The lowest BCUT2D eigenvalue weighted by Gasteiger charge is -2.18. The first-order valence-corrected chi connectivity index (χ1v) is 5.21. The second-order valence-corrected chi connectivity index (χ2v) is 3.99. The molecule has 100 valence electrons.